The minimum absolute atomic E-state index is 0.00939. The maximum atomic E-state index is 6.36. The Morgan fingerprint density at radius 3 is 1.56 bits per heavy atom. The highest BCUT2D eigenvalue weighted by atomic mass is 16.3. The molecule has 0 amide bonds. The van der Waals surface area contributed by atoms with Gasteiger partial charge in [-0.3, -0.25) is 0 Å². The van der Waals surface area contributed by atoms with Gasteiger partial charge in [0.2, 0.25) is 0 Å². The van der Waals surface area contributed by atoms with Crippen molar-refractivity contribution < 1.29 is 4.42 Å². The maximum absolute atomic E-state index is 6.36. The summed E-state index contributed by atoms with van der Waals surface area (Å²) in [5, 5.41) is 7.04. The molecule has 7 rings (SSSR count). The average Bonchev–Trinajstić information content (AvgIpc) is 3.37. The highest BCUT2D eigenvalue weighted by molar-refractivity contribution is 6.15. The van der Waals surface area contributed by atoms with Gasteiger partial charge in [-0.15, -0.1) is 0 Å². The zero-order valence-electron chi connectivity index (χ0n) is 27.2. The molecule has 0 aliphatic rings. The third-order valence-corrected chi connectivity index (χ3v) is 9.28. The lowest BCUT2D eigenvalue weighted by Crippen LogP contribution is -2.16. The van der Waals surface area contributed by atoms with E-state index < -0.39 is 0 Å². The van der Waals surface area contributed by atoms with Gasteiger partial charge in [-0.25, -0.2) is 0 Å². The van der Waals surface area contributed by atoms with E-state index in [9.17, 15) is 0 Å². The van der Waals surface area contributed by atoms with E-state index in [1.54, 1.807) is 0 Å². The fourth-order valence-corrected chi connectivity index (χ4v) is 6.78. The van der Waals surface area contributed by atoms with Crippen LogP contribution in [0.3, 0.4) is 0 Å². The number of furan rings is 1. The lowest BCUT2D eigenvalue weighted by molar-refractivity contribution is 0.569. The lowest BCUT2D eigenvalue weighted by Gasteiger charge is -2.27. The number of hydrogen-bond acceptors (Lipinski definition) is 1. The van der Waals surface area contributed by atoms with Crippen molar-refractivity contribution in [2.24, 2.45) is 0 Å². The Hall–Kier alpha value is -4.88. The van der Waals surface area contributed by atoms with Crippen LogP contribution in [0.4, 0.5) is 0 Å². The van der Waals surface area contributed by atoms with Gasteiger partial charge in [0.05, 0.1) is 0 Å². The van der Waals surface area contributed by atoms with E-state index in [-0.39, 0.29) is 10.8 Å². The molecule has 1 aromatic heterocycles. The first-order valence-corrected chi connectivity index (χ1v) is 15.8. The topological polar surface area (TPSA) is 13.1 Å². The van der Waals surface area contributed by atoms with E-state index in [4.69, 9.17) is 4.42 Å². The summed E-state index contributed by atoms with van der Waals surface area (Å²) in [4.78, 5) is 0. The van der Waals surface area contributed by atoms with Gasteiger partial charge in [0.15, 0.2) is 0 Å². The van der Waals surface area contributed by atoms with Gasteiger partial charge < -0.3 is 4.42 Å². The SMILES string of the molecule is C=Cc1c(C=C)c(-c2ccc3oc4cc5ccccc5cc4c3c2)c2ccccc2c1-c1cc(C(C)(C)C)cc(C(C)(C)C)c1. The first-order chi connectivity index (χ1) is 21.5. The Morgan fingerprint density at radius 2 is 1.00 bits per heavy atom. The van der Waals surface area contributed by atoms with Crippen LogP contribution in [0.1, 0.15) is 63.8 Å². The number of fused-ring (bicyclic) bond motifs is 5. The third-order valence-electron chi connectivity index (χ3n) is 9.28. The zero-order chi connectivity index (χ0) is 31.7. The third kappa shape index (κ3) is 4.79. The molecule has 222 valence electrons. The van der Waals surface area contributed by atoms with Crippen LogP contribution in [0.2, 0.25) is 0 Å². The summed E-state index contributed by atoms with van der Waals surface area (Å²) in [6.07, 6.45) is 4.02. The van der Waals surface area contributed by atoms with E-state index in [2.05, 4.69) is 152 Å². The second-order valence-electron chi connectivity index (χ2n) is 14.3. The molecule has 6 aromatic carbocycles. The molecule has 0 fully saturated rings. The zero-order valence-corrected chi connectivity index (χ0v) is 27.2. The maximum Gasteiger partial charge on any atom is 0.136 e. The van der Waals surface area contributed by atoms with Crippen LogP contribution in [0, 0.1) is 0 Å². The van der Waals surface area contributed by atoms with Gasteiger partial charge in [-0.2, -0.15) is 0 Å². The van der Waals surface area contributed by atoms with E-state index in [1.807, 2.05) is 12.2 Å². The molecule has 0 unspecified atom stereocenters. The Kier molecular flexibility index (Phi) is 6.64. The van der Waals surface area contributed by atoms with Gasteiger partial charge in [-0.05, 0) is 101 Å². The summed E-state index contributed by atoms with van der Waals surface area (Å²) in [7, 11) is 0. The summed E-state index contributed by atoms with van der Waals surface area (Å²) >= 11 is 0. The van der Waals surface area contributed by atoms with E-state index >= 15 is 0 Å². The Morgan fingerprint density at radius 1 is 0.489 bits per heavy atom. The van der Waals surface area contributed by atoms with Gasteiger partial charge in [-0.1, -0.05) is 140 Å². The van der Waals surface area contributed by atoms with Crippen LogP contribution in [0.25, 0.3) is 77.9 Å². The fraction of sp³-hybridized carbons (Fsp3) is 0.182. The molecule has 0 spiro atoms. The second-order valence-corrected chi connectivity index (χ2v) is 14.3. The first kappa shape index (κ1) is 28.9. The molecule has 0 N–H and O–H groups in total. The summed E-state index contributed by atoms with van der Waals surface area (Å²) < 4.78 is 6.36. The van der Waals surface area contributed by atoms with Crippen LogP contribution in [-0.4, -0.2) is 0 Å². The molecule has 0 aliphatic carbocycles. The second kappa shape index (κ2) is 10.3. The summed E-state index contributed by atoms with van der Waals surface area (Å²) in [5.41, 5.74) is 11.4. The molecule has 1 nitrogen and oxygen atoms in total. The van der Waals surface area contributed by atoms with Crippen molar-refractivity contribution in [1.82, 2.24) is 0 Å². The molecule has 1 heterocycles. The molecule has 0 atom stereocenters. The molecule has 45 heavy (non-hydrogen) atoms. The molecule has 0 saturated carbocycles. The molecular weight excluding hydrogens is 544 g/mol. The summed E-state index contributed by atoms with van der Waals surface area (Å²) in [5.74, 6) is 0. The van der Waals surface area contributed by atoms with Crippen molar-refractivity contribution in [3.05, 3.63) is 132 Å². The van der Waals surface area contributed by atoms with Gasteiger partial charge in [0.1, 0.15) is 11.2 Å². The van der Waals surface area contributed by atoms with Crippen molar-refractivity contribution >= 4 is 55.6 Å². The summed E-state index contributed by atoms with van der Waals surface area (Å²) in [6, 6.07) is 35.4. The fourth-order valence-electron chi connectivity index (χ4n) is 6.78. The summed E-state index contributed by atoms with van der Waals surface area (Å²) in [6.45, 7) is 22.5. The van der Waals surface area contributed by atoms with Crippen LogP contribution in [0.15, 0.2) is 115 Å². The van der Waals surface area contributed by atoms with E-state index in [0.29, 0.717) is 0 Å². The smallest absolute Gasteiger partial charge is 0.136 e. The predicted octanol–water partition coefficient (Wildman–Crippen LogP) is 13.1. The normalized spacial score (nSPS) is 12.4. The molecule has 0 radical (unpaired) electrons. The molecule has 0 saturated heterocycles. The first-order valence-electron chi connectivity index (χ1n) is 15.8. The Balaban J connectivity index is 1.55. The lowest BCUT2D eigenvalue weighted by atomic mass is 9.77. The number of rotatable bonds is 4. The van der Waals surface area contributed by atoms with E-state index in [0.717, 1.165) is 38.6 Å². The van der Waals surface area contributed by atoms with Crippen LogP contribution in [-0.2, 0) is 10.8 Å². The van der Waals surface area contributed by atoms with Crippen molar-refractivity contribution in [3.8, 4) is 22.3 Å². The standard InChI is InChI=1S/C44H40O/c1-9-33-34(10-2)42(30-21-31(43(3,4)5)26-32(22-30)44(6,7)8)36-18-14-13-17-35(36)41(33)29-19-20-39-37(24-29)38-23-27-15-11-12-16-28(27)25-40(38)45-39/h9-26H,1-2H2,3-8H3. The van der Waals surface area contributed by atoms with Gasteiger partial charge >= 0.3 is 0 Å². The Labute approximate surface area is 266 Å². The van der Waals surface area contributed by atoms with Gasteiger partial charge in [0, 0.05) is 10.8 Å². The van der Waals surface area contributed by atoms with Crippen LogP contribution < -0.4 is 0 Å². The predicted molar refractivity (Wildman–Crippen MR) is 197 cm³/mol. The highest BCUT2D eigenvalue weighted by Gasteiger charge is 2.24. The monoisotopic (exact) mass is 584 g/mol. The van der Waals surface area contributed by atoms with Crippen molar-refractivity contribution in [1.29, 1.82) is 0 Å². The highest BCUT2D eigenvalue weighted by Crippen LogP contribution is 2.46. The minimum Gasteiger partial charge on any atom is -0.456 e. The molecule has 0 aliphatic heterocycles. The number of benzene rings is 6. The quantitative estimate of drug-likeness (QED) is 0.201. The van der Waals surface area contributed by atoms with E-state index in [1.165, 1.54) is 49.4 Å². The van der Waals surface area contributed by atoms with Gasteiger partial charge in [0.25, 0.3) is 0 Å². The van der Waals surface area contributed by atoms with Crippen molar-refractivity contribution in [2.75, 3.05) is 0 Å². The largest absolute Gasteiger partial charge is 0.456 e. The molecule has 7 aromatic rings. The minimum atomic E-state index is 0.00939. The van der Waals surface area contributed by atoms with Crippen LogP contribution >= 0.6 is 0 Å². The van der Waals surface area contributed by atoms with Crippen LogP contribution in [0.5, 0.6) is 0 Å². The molecule has 1 heteroatoms. The average molecular weight is 585 g/mol. The number of hydrogen-bond donors (Lipinski definition) is 0. The Bertz CT molecular complexity index is 2280. The van der Waals surface area contributed by atoms with Crippen molar-refractivity contribution in [2.45, 2.75) is 52.4 Å². The molecule has 0 bridgehead atoms. The van der Waals surface area contributed by atoms with Crippen molar-refractivity contribution in [3.63, 3.8) is 0 Å². The molecular formula is C44H40O.